The normalized spacial score (nSPS) is 24.7. The summed E-state index contributed by atoms with van der Waals surface area (Å²) in [5.74, 6) is 1.61. The third kappa shape index (κ3) is 2.49. The third-order valence-corrected chi connectivity index (χ3v) is 3.88. The molecular formula is C13H15BrO. The summed E-state index contributed by atoms with van der Waals surface area (Å²) in [6, 6.07) is 8.39. The number of hydrogen-bond donors (Lipinski definition) is 0. The van der Waals surface area contributed by atoms with Crippen LogP contribution >= 0.6 is 15.9 Å². The van der Waals surface area contributed by atoms with Crippen LogP contribution < -0.4 is 0 Å². The van der Waals surface area contributed by atoms with Gasteiger partial charge in [0.05, 0.1) is 0 Å². The van der Waals surface area contributed by atoms with Gasteiger partial charge in [0.15, 0.2) is 0 Å². The van der Waals surface area contributed by atoms with Crippen molar-refractivity contribution in [3.8, 4) is 0 Å². The summed E-state index contributed by atoms with van der Waals surface area (Å²) in [4.78, 5) is 10.9. The Morgan fingerprint density at radius 1 is 1.40 bits per heavy atom. The second-order valence-corrected chi connectivity index (χ2v) is 5.32. The van der Waals surface area contributed by atoms with Gasteiger partial charge in [-0.15, -0.1) is 0 Å². The number of carbonyl (C=O) groups is 1. The van der Waals surface area contributed by atoms with E-state index in [2.05, 4.69) is 34.1 Å². The number of Topliss-reactive ketones (excluding diaryl/α,β-unsaturated/α-hetero) is 1. The lowest BCUT2D eigenvalue weighted by molar-refractivity contribution is -0.118. The molecule has 0 bridgehead atoms. The van der Waals surface area contributed by atoms with Gasteiger partial charge in [0.25, 0.3) is 0 Å². The number of carbonyl (C=O) groups excluding carboxylic acids is 1. The SMILES string of the molecule is CC(=O)CC1CC(c2ccccc2Br)C1. The first-order valence-corrected chi connectivity index (χ1v) is 6.20. The van der Waals surface area contributed by atoms with Gasteiger partial charge in [0.2, 0.25) is 0 Å². The van der Waals surface area contributed by atoms with Crippen LogP contribution in [0.3, 0.4) is 0 Å². The van der Waals surface area contributed by atoms with Gasteiger partial charge in [0.1, 0.15) is 5.78 Å². The van der Waals surface area contributed by atoms with E-state index in [-0.39, 0.29) is 0 Å². The van der Waals surface area contributed by atoms with Crippen molar-refractivity contribution in [2.75, 3.05) is 0 Å². The molecule has 80 valence electrons. The summed E-state index contributed by atoms with van der Waals surface area (Å²) in [5.41, 5.74) is 1.40. The zero-order valence-electron chi connectivity index (χ0n) is 8.87. The molecule has 0 radical (unpaired) electrons. The summed E-state index contributed by atoms with van der Waals surface area (Å²) < 4.78 is 1.20. The Balaban J connectivity index is 1.95. The minimum absolute atomic E-state index is 0.325. The molecule has 1 fully saturated rings. The van der Waals surface area contributed by atoms with Crippen LogP contribution in [-0.2, 0) is 4.79 Å². The van der Waals surface area contributed by atoms with Gasteiger partial charge in [-0.2, -0.15) is 0 Å². The minimum Gasteiger partial charge on any atom is -0.300 e. The molecule has 2 heteroatoms. The molecule has 0 amide bonds. The predicted molar refractivity (Wildman–Crippen MR) is 64.9 cm³/mol. The lowest BCUT2D eigenvalue weighted by Crippen LogP contribution is -2.23. The number of ketones is 1. The highest BCUT2D eigenvalue weighted by Gasteiger charge is 2.31. The van der Waals surface area contributed by atoms with Crippen molar-refractivity contribution in [3.63, 3.8) is 0 Å². The van der Waals surface area contributed by atoms with Crippen LogP contribution in [0.1, 0.15) is 37.7 Å². The zero-order valence-corrected chi connectivity index (χ0v) is 10.5. The standard InChI is InChI=1S/C13H15BrO/c1-9(15)6-10-7-11(8-10)12-4-2-3-5-13(12)14/h2-5,10-11H,6-8H2,1H3. The number of halogens is 1. The Bertz CT molecular complexity index is 367. The highest BCUT2D eigenvalue weighted by Crippen LogP contribution is 2.45. The van der Waals surface area contributed by atoms with E-state index >= 15 is 0 Å². The summed E-state index contributed by atoms with van der Waals surface area (Å²) in [7, 11) is 0. The van der Waals surface area contributed by atoms with E-state index in [1.807, 2.05) is 6.07 Å². The predicted octanol–water partition coefficient (Wildman–Crippen LogP) is 3.92. The van der Waals surface area contributed by atoms with Gasteiger partial charge < -0.3 is 4.79 Å². The van der Waals surface area contributed by atoms with Crippen LogP contribution in [0.25, 0.3) is 0 Å². The summed E-state index contributed by atoms with van der Waals surface area (Å²) in [6.07, 6.45) is 3.10. The first-order valence-electron chi connectivity index (χ1n) is 5.40. The summed E-state index contributed by atoms with van der Waals surface area (Å²) in [5, 5.41) is 0. The fraction of sp³-hybridized carbons (Fsp3) is 0.462. The van der Waals surface area contributed by atoms with Gasteiger partial charge >= 0.3 is 0 Å². The van der Waals surface area contributed by atoms with Crippen LogP contribution in [0.4, 0.5) is 0 Å². The van der Waals surface area contributed by atoms with Crippen molar-refractivity contribution in [2.24, 2.45) is 5.92 Å². The number of hydrogen-bond acceptors (Lipinski definition) is 1. The Hall–Kier alpha value is -0.630. The Morgan fingerprint density at radius 2 is 2.07 bits per heavy atom. The van der Waals surface area contributed by atoms with Crippen LogP contribution in [0.15, 0.2) is 28.7 Å². The molecule has 1 nitrogen and oxygen atoms in total. The van der Waals surface area contributed by atoms with Crippen LogP contribution in [0, 0.1) is 5.92 Å². The molecule has 0 N–H and O–H groups in total. The highest BCUT2D eigenvalue weighted by atomic mass is 79.9. The number of rotatable bonds is 3. The maximum absolute atomic E-state index is 10.9. The Kier molecular flexibility index (Phi) is 3.25. The van der Waals surface area contributed by atoms with E-state index in [0.717, 1.165) is 6.42 Å². The van der Waals surface area contributed by atoms with Crippen LogP contribution in [-0.4, -0.2) is 5.78 Å². The van der Waals surface area contributed by atoms with Crippen molar-refractivity contribution >= 4 is 21.7 Å². The average molecular weight is 267 g/mol. The first-order chi connectivity index (χ1) is 7.16. The fourth-order valence-electron chi connectivity index (χ4n) is 2.37. The Labute approximate surface area is 99.0 Å². The van der Waals surface area contributed by atoms with Gasteiger partial charge in [-0.25, -0.2) is 0 Å². The Morgan fingerprint density at radius 3 is 2.67 bits per heavy atom. The monoisotopic (exact) mass is 266 g/mol. The molecule has 1 aromatic rings. The van der Waals surface area contributed by atoms with E-state index in [9.17, 15) is 4.79 Å². The average Bonchev–Trinajstić information content (AvgIpc) is 2.12. The molecule has 15 heavy (non-hydrogen) atoms. The van der Waals surface area contributed by atoms with E-state index in [1.54, 1.807) is 6.92 Å². The second-order valence-electron chi connectivity index (χ2n) is 4.46. The van der Waals surface area contributed by atoms with Crippen molar-refractivity contribution < 1.29 is 4.79 Å². The van der Waals surface area contributed by atoms with Gasteiger partial charge in [0, 0.05) is 10.9 Å². The smallest absolute Gasteiger partial charge is 0.130 e. The van der Waals surface area contributed by atoms with Crippen molar-refractivity contribution in [2.45, 2.75) is 32.1 Å². The van der Waals surface area contributed by atoms with Gasteiger partial charge in [-0.05, 0) is 43.2 Å². The van der Waals surface area contributed by atoms with Crippen molar-refractivity contribution in [1.82, 2.24) is 0 Å². The molecule has 0 heterocycles. The second kappa shape index (κ2) is 4.48. The van der Waals surface area contributed by atoms with E-state index in [0.29, 0.717) is 17.6 Å². The third-order valence-electron chi connectivity index (χ3n) is 3.16. The van der Waals surface area contributed by atoms with E-state index in [4.69, 9.17) is 0 Å². The summed E-state index contributed by atoms with van der Waals surface area (Å²) >= 11 is 3.58. The van der Waals surface area contributed by atoms with E-state index in [1.165, 1.54) is 22.9 Å². The minimum atomic E-state index is 0.325. The molecule has 0 unspecified atom stereocenters. The molecule has 0 saturated heterocycles. The quantitative estimate of drug-likeness (QED) is 0.811. The maximum Gasteiger partial charge on any atom is 0.130 e. The first kappa shape index (κ1) is 10.9. The molecule has 0 atom stereocenters. The largest absolute Gasteiger partial charge is 0.300 e. The van der Waals surface area contributed by atoms with Crippen LogP contribution in [0.2, 0.25) is 0 Å². The molecule has 2 rings (SSSR count). The molecule has 1 saturated carbocycles. The molecule has 0 aromatic heterocycles. The molecule has 0 aliphatic heterocycles. The highest BCUT2D eigenvalue weighted by molar-refractivity contribution is 9.10. The molecule has 1 aromatic carbocycles. The summed E-state index contributed by atoms with van der Waals surface area (Å²) in [6.45, 7) is 1.69. The lowest BCUT2D eigenvalue weighted by atomic mass is 9.69. The van der Waals surface area contributed by atoms with Crippen LogP contribution in [0.5, 0.6) is 0 Å². The topological polar surface area (TPSA) is 17.1 Å². The maximum atomic E-state index is 10.9. The molecule has 1 aliphatic rings. The van der Waals surface area contributed by atoms with Gasteiger partial charge in [-0.1, -0.05) is 34.1 Å². The molecule has 0 spiro atoms. The lowest BCUT2D eigenvalue weighted by Gasteiger charge is -2.35. The molecule has 1 aliphatic carbocycles. The number of benzene rings is 1. The zero-order chi connectivity index (χ0) is 10.8. The van der Waals surface area contributed by atoms with Crippen molar-refractivity contribution in [3.05, 3.63) is 34.3 Å². The van der Waals surface area contributed by atoms with Crippen molar-refractivity contribution in [1.29, 1.82) is 0 Å². The fourth-order valence-corrected chi connectivity index (χ4v) is 2.98. The van der Waals surface area contributed by atoms with E-state index < -0.39 is 0 Å². The van der Waals surface area contributed by atoms with Gasteiger partial charge in [-0.3, -0.25) is 0 Å². The molecular weight excluding hydrogens is 252 g/mol.